The van der Waals surface area contributed by atoms with Crippen LogP contribution in [-0.2, 0) is 4.79 Å². The molecular formula is C24H28Cl2N2O3. The van der Waals surface area contributed by atoms with Crippen molar-refractivity contribution in [1.29, 1.82) is 0 Å². The fraction of sp³-hybridized carbons (Fsp3) is 0.458. The summed E-state index contributed by atoms with van der Waals surface area (Å²) in [5.41, 5.74) is 0.973. The maximum Gasteiger partial charge on any atom is 0.238 e. The van der Waals surface area contributed by atoms with Gasteiger partial charge in [0.1, 0.15) is 5.75 Å². The Labute approximate surface area is 193 Å². The van der Waals surface area contributed by atoms with Crippen molar-refractivity contribution >= 4 is 34.8 Å². The number of aliphatic hydroxyl groups is 1. The van der Waals surface area contributed by atoms with E-state index < -0.39 is 5.60 Å². The first-order chi connectivity index (χ1) is 14.9. The average Bonchev–Trinajstić information content (AvgIpc) is 2.76. The minimum Gasteiger partial charge on any atom is -0.497 e. The normalized spacial score (nSPS) is 26.2. The van der Waals surface area contributed by atoms with E-state index in [4.69, 9.17) is 27.9 Å². The van der Waals surface area contributed by atoms with Crippen molar-refractivity contribution in [1.82, 2.24) is 4.90 Å². The molecule has 31 heavy (non-hydrogen) atoms. The van der Waals surface area contributed by atoms with Crippen molar-refractivity contribution in [2.75, 3.05) is 25.5 Å². The Balaban J connectivity index is 1.57. The first kappa shape index (κ1) is 22.4. The Bertz CT molecular complexity index is 937. The van der Waals surface area contributed by atoms with Crippen LogP contribution in [0.4, 0.5) is 5.69 Å². The molecule has 2 aliphatic rings. The number of nitrogens with zero attached hydrogens (tertiary/aromatic N) is 1. The second-order valence-electron chi connectivity index (χ2n) is 8.57. The van der Waals surface area contributed by atoms with Crippen LogP contribution in [0.15, 0.2) is 42.5 Å². The van der Waals surface area contributed by atoms with Gasteiger partial charge in [-0.3, -0.25) is 9.69 Å². The number of hydrogen-bond acceptors (Lipinski definition) is 4. The van der Waals surface area contributed by atoms with Gasteiger partial charge in [-0.25, -0.2) is 0 Å². The van der Waals surface area contributed by atoms with Crippen LogP contribution in [0.2, 0.25) is 10.0 Å². The van der Waals surface area contributed by atoms with Gasteiger partial charge in [-0.15, -0.1) is 0 Å². The van der Waals surface area contributed by atoms with Gasteiger partial charge in [0.2, 0.25) is 5.91 Å². The molecule has 1 amide bonds. The molecule has 7 heteroatoms. The van der Waals surface area contributed by atoms with E-state index in [0.717, 1.165) is 37.0 Å². The van der Waals surface area contributed by atoms with Crippen LogP contribution >= 0.6 is 23.2 Å². The van der Waals surface area contributed by atoms with Gasteiger partial charge in [0, 0.05) is 23.5 Å². The molecule has 3 atom stereocenters. The van der Waals surface area contributed by atoms with Crippen molar-refractivity contribution in [2.45, 2.75) is 43.7 Å². The van der Waals surface area contributed by atoms with Gasteiger partial charge in [-0.2, -0.15) is 0 Å². The summed E-state index contributed by atoms with van der Waals surface area (Å²) in [5.74, 6) is 0.749. The largest absolute Gasteiger partial charge is 0.497 e. The Hall–Kier alpha value is -1.79. The standard InChI is InChI=1S/C24H28Cl2N2O3/c1-31-18-8-5-16(6-9-18)23-19-4-2-3-11-24(19,30)12-13-28(23)15-22(29)27-21-10-7-17(25)14-20(21)26/h5-10,14,19,23,30H,2-4,11-13,15H2,1H3,(H,27,29)/t19-,23-,24-/m1/s1. The molecule has 0 spiro atoms. The summed E-state index contributed by atoms with van der Waals surface area (Å²) in [6, 6.07) is 13.0. The Morgan fingerprint density at radius 2 is 1.97 bits per heavy atom. The van der Waals surface area contributed by atoms with Crippen LogP contribution in [0.3, 0.4) is 0 Å². The average molecular weight is 463 g/mol. The summed E-state index contributed by atoms with van der Waals surface area (Å²) in [6.45, 7) is 0.883. The zero-order valence-corrected chi connectivity index (χ0v) is 19.1. The van der Waals surface area contributed by atoms with Crippen molar-refractivity contribution in [2.24, 2.45) is 5.92 Å². The number of amides is 1. The van der Waals surface area contributed by atoms with Gasteiger partial charge >= 0.3 is 0 Å². The number of fused-ring (bicyclic) bond motifs is 1. The number of hydrogen-bond donors (Lipinski definition) is 2. The summed E-state index contributed by atoms with van der Waals surface area (Å²) in [6.07, 6.45) is 4.61. The Morgan fingerprint density at radius 3 is 2.68 bits per heavy atom. The number of ether oxygens (including phenoxy) is 1. The SMILES string of the molecule is COc1ccc([C@@H]2[C@H]3CCCC[C@@]3(O)CCN2CC(=O)Nc2ccc(Cl)cc2Cl)cc1. The highest BCUT2D eigenvalue weighted by atomic mass is 35.5. The molecule has 1 aliphatic heterocycles. The fourth-order valence-corrected chi connectivity index (χ4v) is 5.58. The van der Waals surface area contributed by atoms with Gasteiger partial charge in [0.05, 0.1) is 30.0 Å². The molecule has 0 radical (unpaired) electrons. The molecule has 0 bridgehead atoms. The smallest absolute Gasteiger partial charge is 0.238 e. The molecule has 2 N–H and O–H groups in total. The number of carbonyl (C=O) groups excluding carboxylic acids is 1. The molecule has 4 rings (SSSR count). The van der Waals surface area contributed by atoms with E-state index in [2.05, 4.69) is 10.2 Å². The number of piperidine rings is 1. The third-order valence-corrected chi connectivity index (χ3v) is 7.23. The van der Waals surface area contributed by atoms with E-state index in [1.54, 1.807) is 25.3 Å². The second kappa shape index (κ2) is 9.37. The number of benzene rings is 2. The number of likely N-dealkylation sites (tertiary alicyclic amines) is 1. The van der Waals surface area contributed by atoms with E-state index in [0.29, 0.717) is 28.7 Å². The third-order valence-electron chi connectivity index (χ3n) is 6.68. The molecule has 1 aliphatic carbocycles. The Morgan fingerprint density at radius 1 is 1.19 bits per heavy atom. The quantitative estimate of drug-likeness (QED) is 0.631. The van der Waals surface area contributed by atoms with E-state index in [9.17, 15) is 9.90 Å². The lowest BCUT2D eigenvalue weighted by molar-refractivity contribution is -0.135. The number of methoxy groups -OCH3 is 1. The predicted molar refractivity (Wildman–Crippen MR) is 124 cm³/mol. The summed E-state index contributed by atoms with van der Waals surface area (Å²) in [4.78, 5) is 15.1. The van der Waals surface area contributed by atoms with E-state index in [-0.39, 0.29) is 24.4 Å². The number of rotatable bonds is 5. The van der Waals surface area contributed by atoms with Gasteiger partial charge in [0.15, 0.2) is 0 Å². The minimum atomic E-state index is -0.671. The lowest BCUT2D eigenvalue weighted by Crippen LogP contribution is -2.56. The molecule has 1 saturated heterocycles. The number of anilines is 1. The Kier molecular flexibility index (Phi) is 6.77. The molecule has 1 heterocycles. The predicted octanol–water partition coefficient (Wildman–Crippen LogP) is 5.31. The van der Waals surface area contributed by atoms with Crippen LogP contribution in [0.5, 0.6) is 5.75 Å². The number of nitrogens with one attached hydrogen (secondary N) is 1. The van der Waals surface area contributed by atoms with Crippen LogP contribution in [0, 0.1) is 5.92 Å². The van der Waals surface area contributed by atoms with Crippen molar-refractivity contribution in [3.63, 3.8) is 0 Å². The maximum atomic E-state index is 12.9. The maximum absolute atomic E-state index is 12.9. The molecule has 2 aromatic rings. The van der Waals surface area contributed by atoms with Crippen LogP contribution in [0.1, 0.15) is 43.7 Å². The molecule has 0 unspecified atom stereocenters. The van der Waals surface area contributed by atoms with E-state index in [1.165, 1.54) is 0 Å². The molecule has 166 valence electrons. The highest BCUT2D eigenvalue weighted by molar-refractivity contribution is 6.36. The summed E-state index contributed by atoms with van der Waals surface area (Å²) in [5, 5.41) is 15.2. The molecular weight excluding hydrogens is 435 g/mol. The molecule has 0 aromatic heterocycles. The lowest BCUT2D eigenvalue weighted by Gasteiger charge is -2.52. The second-order valence-corrected chi connectivity index (χ2v) is 9.41. The fourth-order valence-electron chi connectivity index (χ4n) is 5.13. The van der Waals surface area contributed by atoms with Crippen molar-refractivity contribution in [3.8, 4) is 5.75 Å². The summed E-state index contributed by atoms with van der Waals surface area (Å²) >= 11 is 12.2. The lowest BCUT2D eigenvalue weighted by atomic mass is 9.66. The van der Waals surface area contributed by atoms with Gasteiger partial charge in [0.25, 0.3) is 0 Å². The zero-order chi connectivity index (χ0) is 22.0. The topological polar surface area (TPSA) is 61.8 Å². The molecule has 2 aromatic carbocycles. The third kappa shape index (κ3) is 4.85. The molecule has 1 saturated carbocycles. The zero-order valence-electron chi connectivity index (χ0n) is 17.6. The summed E-state index contributed by atoms with van der Waals surface area (Å²) in [7, 11) is 1.65. The summed E-state index contributed by atoms with van der Waals surface area (Å²) < 4.78 is 5.31. The van der Waals surface area contributed by atoms with E-state index >= 15 is 0 Å². The van der Waals surface area contributed by atoms with E-state index in [1.807, 2.05) is 24.3 Å². The monoisotopic (exact) mass is 462 g/mol. The van der Waals surface area contributed by atoms with Crippen LogP contribution in [0.25, 0.3) is 0 Å². The van der Waals surface area contributed by atoms with Gasteiger partial charge < -0.3 is 15.2 Å². The highest BCUT2D eigenvalue weighted by Crippen LogP contribution is 2.49. The van der Waals surface area contributed by atoms with Crippen molar-refractivity contribution < 1.29 is 14.6 Å². The van der Waals surface area contributed by atoms with Gasteiger partial charge in [-0.05, 0) is 55.2 Å². The molecule has 5 nitrogen and oxygen atoms in total. The first-order valence-corrected chi connectivity index (χ1v) is 11.5. The minimum absolute atomic E-state index is 0.0311. The number of halogens is 2. The number of carbonyl (C=O) groups is 1. The van der Waals surface area contributed by atoms with Crippen molar-refractivity contribution in [3.05, 3.63) is 58.1 Å². The van der Waals surface area contributed by atoms with Crippen LogP contribution < -0.4 is 10.1 Å². The van der Waals surface area contributed by atoms with Gasteiger partial charge in [-0.1, -0.05) is 48.2 Å². The molecule has 2 fully saturated rings. The first-order valence-electron chi connectivity index (χ1n) is 10.7. The van der Waals surface area contributed by atoms with Crippen LogP contribution in [-0.4, -0.2) is 41.7 Å². The highest BCUT2D eigenvalue weighted by Gasteiger charge is 2.49.